The summed E-state index contributed by atoms with van der Waals surface area (Å²) in [6.45, 7) is 0. The average molecular weight is 348 g/mol. The summed E-state index contributed by atoms with van der Waals surface area (Å²) in [5.74, 6) is 0.994. The molecule has 0 fully saturated rings. The van der Waals surface area contributed by atoms with Crippen molar-refractivity contribution < 1.29 is 0 Å². The Bertz CT molecular complexity index is 835. The van der Waals surface area contributed by atoms with Gasteiger partial charge in [0.05, 0.1) is 23.2 Å². The van der Waals surface area contributed by atoms with Crippen LogP contribution in [0.2, 0.25) is 0 Å². The van der Waals surface area contributed by atoms with E-state index in [0.29, 0.717) is 11.4 Å². The van der Waals surface area contributed by atoms with Gasteiger partial charge >= 0.3 is 0 Å². The number of halogens is 2. The molecule has 0 amide bonds. The van der Waals surface area contributed by atoms with Crippen molar-refractivity contribution in [3.05, 3.63) is 52.4 Å². The molecule has 3 aromatic rings. The lowest BCUT2D eigenvalue weighted by molar-refractivity contribution is 0.965. The summed E-state index contributed by atoms with van der Waals surface area (Å²) in [7, 11) is 0. The van der Waals surface area contributed by atoms with Crippen molar-refractivity contribution in [3.8, 4) is 11.8 Å². The molecule has 6 heteroatoms. The van der Waals surface area contributed by atoms with Crippen LogP contribution in [-0.4, -0.2) is 14.5 Å². The first kappa shape index (κ1) is 13.1. The predicted molar refractivity (Wildman–Crippen MR) is 80.8 cm³/mol. The highest BCUT2D eigenvalue weighted by Gasteiger charge is 2.14. The quantitative estimate of drug-likeness (QED) is 0.663. The molecular weight excluding hydrogens is 340 g/mol. The van der Waals surface area contributed by atoms with Crippen molar-refractivity contribution in [2.45, 2.75) is 5.88 Å². The van der Waals surface area contributed by atoms with E-state index in [2.05, 4.69) is 32.0 Å². The first-order chi connectivity index (χ1) is 9.74. The van der Waals surface area contributed by atoms with Crippen LogP contribution in [0.5, 0.6) is 0 Å². The molecule has 2 heterocycles. The van der Waals surface area contributed by atoms with Gasteiger partial charge in [0.2, 0.25) is 0 Å². The maximum Gasteiger partial charge on any atom is 0.164 e. The lowest BCUT2D eigenvalue weighted by Gasteiger charge is -2.09. The van der Waals surface area contributed by atoms with Crippen LogP contribution in [0, 0.1) is 11.3 Å². The average Bonchev–Trinajstić information content (AvgIpc) is 2.85. The molecule has 0 aliphatic rings. The van der Waals surface area contributed by atoms with Gasteiger partial charge in [-0.15, -0.1) is 11.6 Å². The fourth-order valence-corrected chi connectivity index (χ4v) is 2.80. The Morgan fingerprint density at radius 2 is 2.20 bits per heavy atom. The third-order valence-corrected chi connectivity index (χ3v) is 3.80. The van der Waals surface area contributed by atoms with Crippen molar-refractivity contribution in [1.29, 1.82) is 5.26 Å². The summed E-state index contributed by atoms with van der Waals surface area (Å²) >= 11 is 9.47. The van der Waals surface area contributed by atoms with E-state index in [1.807, 2.05) is 22.8 Å². The molecule has 0 spiro atoms. The van der Waals surface area contributed by atoms with Crippen molar-refractivity contribution in [3.63, 3.8) is 0 Å². The fourth-order valence-electron chi connectivity index (χ4n) is 2.06. The van der Waals surface area contributed by atoms with Gasteiger partial charge in [0.15, 0.2) is 5.65 Å². The summed E-state index contributed by atoms with van der Waals surface area (Å²) < 4.78 is 2.70. The molecule has 20 heavy (non-hydrogen) atoms. The number of imidazole rings is 1. The number of hydrogen-bond acceptors (Lipinski definition) is 3. The van der Waals surface area contributed by atoms with Crippen LogP contribution in [0.15, 0.2) is 41.0 Å². The molecule has 0 saturated carbocycles. The maximum atomic E-state index is 8.93. The maximum absolute atomic E-state index is 8.93. The molecule has 98 valence electrons. The number of fused-ring (bicyclic) bond motifs is 1. The summed E-state index contributed by atoms with van der Waals surface area (Å²) in [6, 6.07) is 11.2. The van der Waals surface area contributed by atoms with Gasteiger partial charge in [0.25, 0.3) is 0 Å². The highest BCUT2D eigenvalue weighted by atomic mass is 79.9. The molecule has 0 aliphatic carbocycles. The van der Waals surface area contributed by atoms with Gasteiger partial charge in [0.1, 0.15) is 11.3 Å². The highest BCUT2D eigenvalue weighted by molar-refractivity contribution is 9.10. The Labute approximate surface area is 128 Å². The molecule has 0 saturated heterocycles. The molecule has 0 N–H and O–H groups in total. The minimum absolute atomic E-state index is 0.281. The van der Waals surface area contributed by atoms with E-state index in [0.717, 1.165) is 21.3 Å². The topological polar surface area (TPSA) is 54.5 Å². The normalized spacial score (nSPS) is 10.7. The number of nitrogens with zero attached hydrogens (tertiary/aromatic N) is 4. The third-order valence-electron chi connectivity index (χ3n) is 2.92. The smallest absolute Gasteiger partial charge is 0.164 e. The second-order valence-electron chi connectivity index (χ2n) is 4.12. The molecule has 0 unspecified atom stereocenters. The van der Waals surface area contributed by atoms with Crippen molar-refractivity contribution >= 4 is 38.7 Å². The molecule has 0 atom stereocenters. The number of hydrogen-bond donors (Lipinski definition) is 0. The van der Waals surface area contributed by atoms with E-state index in [4.69, 9.17) is 16.9 Å². The summed E-state index contributed by atoms with van der Waals surface area (Å²) in [4.78, 5) is 8.84. The number of rotatable bonds is 2. The van der Waals surface area contributed by atoms with Crippen LogP contribution in [0.3, 0.4) is 0 Å². The number of alkyl halides is 1. The van der Waals surface area contributed by atoms with E-state index < -0.39 is 0 Å². The predicted octanol–water partition coefficient (Wildman–Crippen LogP) is 3.79. The number of aromatic nitrogens is 3. The molecule has 0 bridgehead atoms. The summed E-state index contributed by atoms with van der Waals surface area (Å²) in [6.07, 6.45) is 1.72. The first-order valence-corrected chi connectivity index (χ1v) is 7.15. The molecule has 2 aromatic heterocycles. The van der Waals surface area contributed by atoms with Crippen LogP contribution in [-0.2, 0) is 5.88 Å². The monoisotopic (exact) mass is 346 g/mol. The number of nitriles is 1. The van der Waals surface area contributed by atoms with E-state index in [9.17, 15) is 0 Å². The van der Waals surface area contributed by atoms with Gasteiger partial charge in [0, 0.05) is 10.7 Å². The van der Waals surface area contributed by atoms with E-state index in [1.165, 1.54) is 0 Å². The lowest BCUT2D eigenvalue weighted by Crippen LogP contribution is -2.01. The zero-order valence-corrected chi connectivity index (χ0v) is 12.6. The van der Waals surface area contributed by atoms with E-state index in [1.54, 1.807) is 18.3 Å². The molecule has 1 aromatic carbocycles. The van der Waals surface area contributed by atoms with Gasteiger partial charge < -0.3 is 0 Å². The van der Waals surface area contributed by atoms with Crippen molar-refractivity contribution in [2.75, 3.05) is 0 Å². The van der Waals surface area contributed by atoms with Crippen LogP contribution < -0.4 is 0 Å². The minimum Gasteiger partial charge on any atom is -0.279 e. The van der Waals surface area contributed by atoms with Gasteiger partial charge in [-0.25, -0.2) is 9.97 Å². The largest absolute Gasteiger partial charge is 0.279 e. The number of pyridine rings is 1. The third kappa shape index (κ3) is 2.07. The first-order valence-electron chi connectivity index (χ1n) is 5.83. The minimum atomic E-state index is 0.281. The SMILES string of the molecule is N#Cc1ccc(-n2c(CCl)nc3cccnc32)c(Br)c1. The second kappa shape index (κ2) is 5.23. The Balaban J connectivity index is 2.31. The molecule has 0 radical (unpaired) electrons. The Morgan fingerprint density at radius 3 is 2.90 bits per heavy atom. The van der Waals surface area contributed by atoms with Gasteiger partial charge in [-0.2, -0.15) is 5.26 Å². The Hall–Kier alpha value is -1.90. The zero-order chi connectivity index (χ0) is 14.1. The molecule has 0 aliphatic heterocycles. The molecule has 4 nitrogen and oxygen atoms in total. The van der Waals surface area contributed by atoms with E-state index >= 15 is 0 Å². The van der Waals surface area contributed by atoms with Crippen molar-refractivity contribution in [2.24, 2.45) is 0 Å². The van der Waals surface area contributed by atoms with Gasteiger partial charge in [-0.3, -0.25) is 4.57 Å². The van der Waals surface area contributed by atoms with Crippen LogP contribution >= 0.6 is 27.5 Å². The Kier molecular flexibility index (Phi) is 3.43. The van der Waals surface area contributed by atoms with Crippen LogP contribution in [0.4, 0.5) is 0 Å². The van der Waals surface area contributed by atoms with Gasteiger partial charge in [-0.05, 0) is 46.3 Å². The summed E-state index contributed by atoms with van der Waals surface area (Å²) in [5.41, 5.74) is 2.99. The Morgan fingerprint density at radius 1 is 1.35 bits per heavy atom. The fraction of sp³-hybridized carbons (Fsp3) is 0.0714. The lowest BCUT2D eigenvalue weighted by atomic mass is 10.2. The number of benzene rings is 1. The highest BCUT2D eigenvalue weighted by Crippen LogP contribution is 2.27. The zero-order valence-electron chi connectivity index (χ0n) is 10.2. The standard InChI is InChI=1S/C14H8BrClN4/c15-10-6-9(8-17)3-4-12(10)20-13(7-16)19-11-2-1-5-18-14(11)20/h1-6H,7H2. The van der Waals surface area contributed by atoms with E-state index in [-0.39, 0.29) is 5.88 Å². The second-order valence-corrected chi connectivity index (χ2v) is 5.24. The van der Waals surface area contributed by atoms with Gasteiger partial charge in [-0.1, -0.05) is 0 Å². The molecule has 3 rings (SSSR count). The molecular formula is C14H8BrClN4. The van der Waals surface area contributed by atoms with Crippen molar-refractivity contribution in [1.82, 2.24) is 14.5 Å². The van der Waals surface area contributed by atoms with Crippen LogP contribution in [0.1, 0.15) is 11.4 Å². The summed E-state index contributed by atoms with van der Waals surface area (Å²) in [5, 5.41) is 8.93. The van der Waals surface area contributed by atoms with Crippen LogP contribution in [0.25, 0.3) is 16.9 Å².